The van der Waals surface area contributed by atoms with Gasteiger partial charge in [-0.05, 0) is 49.7 Å². The summed E-state index contributed by atoms with van der Waals surface area (Å²) in [5.74, 6) is 0.220. The van der Waals surface area contributed by atoms with Crippen LogP contribution in [0.2, 0.25) is 0 Å². The lowest BCUT2D eigenvalue weighted by atomic mass is 10.2. The first-order valence-electron chi connectivity index (χ1n) is 10.6. The highest BCUT2D eigenvalue weighted by molar-refractivity contribution is 5.98. The SMILES string of the molecule is CCc1c(C(=O)NNC(=O)c2ccc(COc3ccccc3)o2)cnn1-c1ccc(C)cc1. The van der Waals surface area contributed by atoms with E-state index in [9.17, 15) is 9.59 Å². The van der Waals surface area contributed by atoms with Crippen molar-refractivity contribution < 1.29 is 18.7 Å². The number of nitrogens with zero attached hydrogens (tertiary/aromatic N) is 2. The van der Waals surface area contributed by atoms with Gasteiger partial charge >= 0.3 is 5.91 Å². The molecule has 0 saturated heterocycles. The molecule has 0 aliphatic carbocycles. The summed E-state index contributed by atoms with van der Waals surface area (Å²) in [6.45, 7) is 4.13. The van der Waals surface area contributed by atoms with Crippen molar-refractivity contribution in [2.75, 3.05) is 0 Å². The monoisotopic (exact) mass is 444 g/mol. The number of amides is 2. The zero-order valence-corrected chi connectivity index (χ0v) is 18.4. The van der Waals surface area contributed by atoms with Gasteiger partial charge < -0.3 is 9.15 Å². The predicted molar refractivity (Wildman–Crippen MR) is 122 cm³/mol. The standard InChI is InChI=1S/C25H24N4O4/c1-3-22-21(15-26-29(22)18-11-9-17(2)10-12-18)24(30)27-28-25(31)23-14-13-20(33-23)16-32-19-7-5-4-6-8-19/h4-15H,3,16H2,1-2H3,(H,27,30)(H,28,31). The summed E-state index contributed by atoms with van der Waals surface area (Å²) in [4.78, 5) is 25.1. The molecule has 2 heterocycles. The minimum atomic E-state index is -0.571. The lowest BCUT2D eigenvalue weighted by molar-refractivity contribution is 0.0828. The number of carbonyl (C=O) groups is 2. The van der Waals surface area contributed by atoms with Crippen LogP contribution in [0.3, 0.4) is 0 Å². The van der Waals surface area contributed by atoms with Crippen LogP contribution in [0.4, 0.5) is 0 Å². The minimum Gasteiger partial charge on any atom is -0.486 e. The van der Waals surface area contributed by atoms with E-state index in [1.54, 1.807) is 10.7 Å². The van der Waals surface area contributed by atoms with E-state index >= 15 is 0 Å². The van der Waals surface area contributed by atoms with Crippen LogP contribution >= 0.6 is 0 Å². The summed E-state index contributed by atoms with van der Waals surface area (Å²) < 4.78 is 12.8. The molecule has 2 aromatic carbocycles. The first-order valence-corrected chi connectivity index (χ1v) is 10.6. The van der Waals surface area contributed by atoms with Crippen molar-refractivity contribution in [3.63, 3.8) is 0 Å². The molecule has 8 nitrogen and oxygen atoms in total. The van der Waals surface area contributed by atoms with Gasteiger partial charge in [0.2, 0.25) is 0 Å². The van der Waals surface area contributed by atoms with Crippen LogP contribution in [0.15, 0.2) is 77.3 Å². The van der Waals surface area contributed by atoms with Crippen molar-refractivity contribution >= 4 is 11.8 Å². The number of carbonyl (C=O) groups excluding carboxylic acids is 2. The topological polar surface area (TPSA) is 98.4 Å². The molecule has 2 N–H and O–H groups in total. The van der Waals surface area contributed by atoms with E-state index in [4.69, 9.17) is 9.15 Å². The number of benzene rings is 2. The van der Waals surface area contributed by atoms with Gasteiger partial charge in [0.05, 0.1) is 23.1 Å². The second-order valence-electron chi connectivity index (χ2n) is 7.38. The van der Waals surface area contributed by atoms with Crippen LogP contribution in [0, 0.1) is 6.92 Å². The molecule has 0 bridgehead atoms. The summed E-state index contributed by atoms with van der Waals surface area (Å²) in [5.41, 5.74) is 7.93. The van der Waals surface area contributed by atoms with Crippen LogP contribution in [-0.2, 0) is 13.0 Å². The van der Waals surface area contributed by atoms with Crippen LogP contribution in [0.5, 0.6) is 5.75 Å². The Kier molecular flexibility index (Phi) is 6.54. The van der Waals surface area contributed by atoms with E-state index in [2.05, 4.69) is 16.0 Å². The normalized spacial score (nSPS) is 10.6. The van der Waals surface area contributed by atoms with Gasteiger partial charge in [0.25, 0.3) is 5.91 Å². The maximum atomic E-state index is 12.7. The summed E-state index contributed by atoms with van der Waals surface area (Å²) in [7, 11) is 0. The zero-order chi connectivity index (χ0) is 23.2. The second kappa shape index (κ2) is 9.86. The van der Waals surface area contributed by atoms with E-state index in [1.807, 2.05) is 68.4 Å². The van der Waals surface area contributed by atoms with Gasteiger partial charge in [-0.15, -0.1) is 0 Å². The molecule has 0 spiro atoms. The number of aryl methyl sites for hydroxylation is 1. The van der Waals surface area contributed by atoms with Crippen molar-refractivity contribution in [3.8, 4) is 11.4 Å². The van der Waals surface area contributed by atoms with Gasteiger partial charge in [-0.2, -0.15) is 5.10 Å². The van der Waals surface area contributed by atoms with Crippen LogP contribution in [0.25, 0.3) is 5.69 Å². The lowest BCUT2D eigenvalue weighted by Gasteiger charge is -2.09. The highest BCUT2D eigenvalue weighted by Crippen LogP contribution is 2.17. The fourth-order valence-corrected chi connectivity index (χ4v) is 3.30. The maximum Gasteiger partial charge on any atom is 0.305 e. The fourth-order valence-electron chi connectivity index (χ4n) is 3.30. The van der Waals surface area contributed by atoms with E-state index in [-0.39, 0.29) is 12.4 Å². The third kappa shape index (κ3) is 5.12. The van der Waals surface area contributed by atoms with Gasteiger partial charge in [-0.1, -0.05) is 42.8 Å². The molecule has 8 heteroatoms. The van der Waals surface area contributed by atoms with E-state index < -0.39 is 11.8 Å². The number of ether oxygens (including phenoxy) is 1. The molecule has 0 saturated carbocycles. The van der Waals surface area contributed by atoms with Crippen LogP contribution in [0.1, 0.15) is 44.9 Å². The Bertz CT molecular complexity index is 1240. The average molecular weight is 444 g/mol. The lowest BCUT2D eigenvalue weighted by Crippen LogP contribution is -2.41. The number of nitrogens with one attached hydrogen (secondary N) is 2. The second-order valence-corrected chi connectivity index (χ2v) is 7.38. The Balaban J connectivity index is 1.36. The van der Waals surface area contributed by atoms with Crippen molar-refractivity contribution in [1.29, 1.82) is 0 Å². The molecule has 2 amide bonds. The number of hydrogen-bond acceptors (Lipinski definition) is 5. The number of hydrogen-bond donors (Lipinski definition) is 2. The molecular weight excluding hydrogens is 420 g/mol. The molecule has 0 aliphatic rings. The fraction of sp³-hybridized carbons (Fsp3) is 0.160. The molecule has 0 fully saturated rings. The highest BCUT2D eigenvalue weighted by Gasteiger charge is 2.19. The van der Waals surface area contributed by atoms with E-state index in [1.165, 1.54) is 12.3 Å². The quantitative estimate of drug-likeness (QED) is 0.420. The van der Waals surface area contributed by atoms with Gasteiger partial charge in [0.15, 0.2) is 5.76 Å². The molecule has 4 rings (SSSR count). The van der Waals surface area contributed by atoms with Gasteiger partial charge in [0.1, 0.15) is 18.1 Å². The number of aromatic nitrogens is 2. The van der Waals surface area contributed by atoms with E-state index in [0.29, 0.717) is 23.5 Å². The Morgan fingerprint density at radius 1 is 0.970 bits per heavy atom. The highest BCUT2D eigenvalue weighted by atomic mass is 16.5. The minimum absolute atomic E-state index is 0.0630. The molecule has 0 aliphatic heterocycles. The number of hydrazine groups is 1. The Morgan fingerprint density at radius 3 is 2.42 bits per heavy atom. The van der Waals surface area contributed by atoms with E-state index in [0.717, 1.165) is 16.9 Å². The van der Waals surface area contributed by atoms with Gasteiger partial charge in [-0.3, -0.25) is 20.4 Å². The molecule has 0 atom stereocenters. The number of rotatable bonds is 7. The van der Waals surface area contributed by atoms with Crippen molar-refractivity contribution in [2.24, 2.45) is 0 Å². The number of furan rings is 1. The smallest absolute Gasteiger partial charge is 0.305 e. The molecule has 2 aromatic heterocycles. The summed E-state index contributed by atoms with van der Waals surface area (Å²) in [5, 5.41) is 4.35. The van der Waals surface area contributed by atoms with Crippen molar-refractivity contribution in [3.05, 3.63) is 101 Å². The summed E-state index contributed by atoms with van der Waals surface area (Å²) in [6.07, 6.45) is 2.08. The first-order chi connectivity index (χ1) is 16.0. The Labute approximate surface area is 191 Å². The third-order valence-corrected chi connectivity index (χ3v) is 5.03. The molecular formula is C25H24N4O4. The van der Waals surface area contributed by atoms with Gasteiger partial charge in [0, 0.05) is 0 Å². The van der Waals surface area contributed by atoms with Gasteiger partial charge in [-0.25, -0.2) is 4.68 Å². The average Bonchev–Trinajstić information content (AvgIpc) is 3.49. The third-order valence-electron chi connectivity index (χ3n) is 5.03. The van der Waals surface area contributed by atoms with Crippen molar-refractivity contribution in [2.45, 2.75) is 26.9 Å². The molecule has 168 valence electrons. The summed E-state index contributed by atoms with van der Waals surface area (Å²) >= 11 is 0. The Morgan fingerprint density at radius 2 is 1.70 bits per heavy atom. The Hall–Kier alpha value is -4.33. The molecule has 0 unspecified atom stereocenters. The number of para-hydroxylation sites is 1. The molecule has 33 heavy (non-hydrogen) atoms. The zero-order valence-electron chi connectivity index (χ0n) is 18.4. The largest absolute Gasteiger partial charge is 0.486 e. The first kappa shape index (κ1) is 21.9. The molecule has 4 aromatic rings. The van der Waals surface area contributed by atoms with Crippen LogP contribution < -0.4 is 15.6 Å². The molecule has 0 radical (unpaired) electrons. The maximum absolute atomic E-state index is 12.7. The summed E-state index contributed by atoms with van der Waals surface area (Å²) in [6, 6.07) is 20.3. The predicted octanol–water partition coefficient (Wildman–Crippen LogP) is 3.99. The van der Waals surface area contributed by atoms with Crippen molar-refractivity contribution in [1.82, 2.24) is 20.6 Å². The van der Waals surface area contributed by atoms with Crippen LogP contribution in [-0.4, -0.2) is 21.6 Å².